The summed E-state index contributed by atoms with van der Waals surface area (Å²) in [5, 5.41) is 0. The lowest BCUT2D eigenvalue weighted by Gasteiger charge is -2.43. The lowest BCUT2D eigenvalue weighted by molar-refractivity contribution is -0.173. The standard InChI is InChI=1S/C20H28F3N3O.ClH/c1-25(16-6-2-3-7-17(16)26-12-4-5-13-26)19(27)18(20(21,22)23)14-8-10-15(24)11-9-14;/h8-11,16-18H,2-7,12-13,24H2,1H3;1H/t16-,17-,18?;/m1./s1. The SMILES string of the molecule is CN(C(=O)C(c1ccc(N)cc1)C(F)(F)F)[C@@H]1CCCC[C@H]1N1CCCC1.Cl. The molecule has 2 aliphatic rings. The van der Waals surface area contributed by atoms with Crippen LogP contribution in [0.1, 0.15) is 50.0 Å². The molecule has 0 bridgehead atoms. The van der Waals surface area contributed by atoms with Crippen LogP contribution < -0.4 is 5.73 Å². The number of likely N-dealkylation sites (tertiary alicyclic amines) is 1. The summed E-state index contributed by atoms with van der Waals surface area (Å²) in [4.78, 5) is 16.7. The smallest absolute Gasteiger partial charge is 0.399 e. The van der Waals surface area contributed by atoms with Gasteiger partial charge in [-0.25, -0.2) is 0 Å². The van der Waals surface area contributed by atoms with Crippen molar-refractivity contribution in [2.45, 2.75) is 62.7 Å². The number of nitrogen functional groups attached to an aromatic ring is 1. The number of hydrogen-bond acceptors (Lipinski definition) is 3. The molecule has 1 saturated heterocycles. The summed E-state index contributed by atoms with van der Waals surface area (Å²) in [7, 11) is 1.54. The van der Waals surface area contributed by atoms with Crippen LogP contribution in [0.25, 0.3) is 0 Å². The van der Waals surface area contributed by atoms with Crippen LogP contribution in [0.2, 0.25) is 0 Å². The molecule has 1 aromatic rings. The molecule has 8 heteroatoms. The summed E-state index contributed by atoms with van der Waals surface area (Å²) in [6.45, 7) is 1.95. The first-order valence-electron chi connectivity index (χ1n) is 9.72. The van der Waals surface area contributed by atoms with E-state index in [0.29, 0.717) is 5.69 Å². The lowest BCUT2D eigenvalue weighted by atomic mass is 9.87. The minimum Gasteiger partial charge on any atom is -0.399 e. The van der Waals surface area contributed by atoms with E-state index < -0.39 is 18.0 Å². The van der Waals surface area contributed by atoms with Crippen molar-refractivity contribution in [3.8, 4) is 0 Å². The molecule has 0 radical (unpaired) electrons. The van der Waals surface area contributed by atoms with Crippen LogP contribution in [0.15, 0.2) is 24.3 Å². The monoisotopic (exact) mass is 419 g/mol. The number of nitrogens with two attached hydrogens (primary N) is 1. The second kappa shape index (κ2) is 9.35. The van der Waals surface area contributed by atoms with Gasteiger partial charge in [-0.05, 0) is 56.5 Å². The van der Waals surface area contributed by atoms with Gasteiger partial charge in [0.05, 0.1) is 0 Å². The van der Waals surface area contributed by atoms with Crippen LogP contribution in [0.3, 0.4) is 0 Å². The molecule has 1 aromatic carbocycles. The van der Waals surface area contributed by atoms with E-state index in [4.69, 9.17) is 5.73 Å². The summed E-state index contributed by atoms with van der Waals surface area (Å²) in [6, 6.07) is 5.43. The fraction of sp³-hybridized carbons (Fsp3) is 0.650. The Morgan fingerprint density at radius 1 is 1.11 bits per heavy atom. The maximum Gasteiger partial charge on any atom is 0.404 e. The summed E-state index contributed by atoms with van der Waals surface area (Å²) >= 11 is 0. The van der Waals surface area contributed by atoms with E-state index >= 15 is 0 Å². The number of rotatable bonds is 4. The number of hydrogen-bond donors (Lipinski definition) is 1. The van der Waals surface area contributed by atoms with Gasteiger partial charge in [-0.15, -0.1) is 12.4 Å². The third kappa shape index (κ3) is 4.92. The average Bonchev–Trinajstić information content (AvgIpc) is 3.16. The predicted octanol–water partition coefficient (Wildman–Crippen LogP) is 4.20. The van der Waals surface area contributed by atoms with Gasteiger partial charge in [0.15, 0.2) is 5.92 Å². The van der Waals surface area contributed by atoms with E-state index in [9.17, 15) is 18.0 Å². The number of carbonyl (C=O) groups excluding carboxylic acids is 1. The van der Waals surface area contributed by atoms with E-state index in [-0.39, 0.29) is 30.1 Å². The van der Waals surface area contributed by atoms with Crippen LogP contribution in [0, 0.1) is 0 Å². The van der Waals surface area contributed by atoms with E-state index in [1.165, 1.54) is 36.2 Å². The molecule has 1 saturated carbocycles. The fourth-order valence-corrected chi connectivity index (χ4v) is 4.57. The lowest BCUT2D eigenvalue weighted by Crippen LogP contribution is -2.55. The number of halogens is 4. The number of nitrogens with zero attached hydrogens (tertiary/aromatic N) is 2. The van der Waals surface area contributed by atoms with Crippen LogP contribution in [0.5, 0.6) is 0 Å². The Balaban J connectivity index is 0.00000280. The molecular formula is C20H29ClF3N3O. The highest BCUT2D eigenvalue weighted by Gasteiger charge is 2.49. The van der Waals surface area contributed by atoms with Gasteiger partial charge in [0.25, 0.3) is 0 Å². The molecule has 28 heavy (non-hydrogen) atoms. The third-order valence-corrected chi connectivity index (χ3v) is 5.99. The van der Waals surface area contributed by atoms with E-state index in [1.807, 2.05) is 0 Å². The summed E-state index contributed by atoms with van der Waals surface area (Å²) < 4.78 is 41.4. The van der Waals surface area contributed by atoms with E-state index in [2.05, 4.69) is 4.90 Å². The Hall–Kier alpha value is -1.47. The zero-order chi connectivity index (χ0) is 19.6. The minimum absolute atomic E-state index is 0. The minimum atomic E-state index is -4.64. The van der Waals surface area contributed by atoms with E-state index in [1.54, 1.807) is 0 Å². The van der Waals surface area contributed by atoms with Gasteiger partial charge in [0.1, 0.15) is 0 Å². The molecule has 2 fully saturated rings. The summed E-state index contributed by atoms with van der Waals surface area (Å²) in [6.07, 6.45) is 1.33. The number of alkyl halides is 3. The highest BCUT2D eigenvalue weighted by molar-refractivity contribution is 5.85. The van der Waals surface area contributed by atoms with Crippen LogP contribution in [-0.4, -0.2) is 54.1 Å². The van der Waals surface area contributed by atoms with Crippen molar-refractivity contribution in [3.63, 3.8) is 0 Å². The Morgan fingerprint density at radius 3 is 2.25 bits per heavy atom. The molecule has 158 valence electrons. The Morgan fingerprint density at radius 2 is 1.68 bits per heavy atom. The molecule has 3 atom stereocenters. The molecule has 1 heterocycles. The summed E-state index contributed by atoms with van der Waals surface area (Å²) in [5.74, 6) is -3.02. The molecule has 1 aliphatic heterocycles. The quantitative estimate of drug-likeness (QED) is 0.744. The Labute approximate surface area is 170 Å². The molecule has 0 aromatic heterocycles. The molecule has 3 rings (SSSR count). The molecule has 1 aliphatic carbocycles. The van der Waals surface area contributed by atoms with Gasteiger partial charge < -0.3 is 10.6 Å². The van der Waals surface area contributed by atoms with Crippen molar-refractivity contribution in [1.82, 2.24) is 9.80 Å². The molecule has 1 unspecified atom stereocenters. The second-order valence-electron chi connectivity index (χ2n) is 7.75. The number of benzene rings is 1. The Bertz CT molecular complexity index is 647. The first-order chi connectivity index (χ1) is 12.8. The maximum atomic E-state index is 13.8. The fourth-order valence-electron chi connectivity index (χ4n) is 4.57. The van der Waals surface area contributed by atoms with Crippen molar-refractivity contribution < 1.29 is 18.0 Å². The van der Waals surface area contributed by atoms with Crippen molar-refractivity contribution in [1.29, 1.82) is 0 Å². The second-order valence-corrected chi connectivity index (χ2v) is 7.75. The highest BCUT2D eigenvalue weighted by atomic mass is 35.5. The molecular weight excluding hydrogens is 391 g/mol. The molecule has 4 nitrogen and oxygen atoms in total. The summed E-state index contributed by atoms with van der Waals surface area (Å²) in [5.41, 5.74) is 5.92. The normalized spacial score (nSPS) is 24.4. The van der Waals surface area contributed by atoms with Gasteiger partial charge >= 0.3 is 6.18 Å². The first kappa shape index (κ1) is 22.8. The zero-order valence-corrected chi connectivity index (χ0v) is 16.9. The predicted molar refractivity (Wildman–Crippen MR) is 107 cm³/mol. The van der Waals surface area contributed by atoms with Gasteiger partial charge in [0.2, 0.25) is 5.91 Å². The van der Waals surface area contributed by atoms with Crippen molar-refractivity contribution in [2.75, 3.05) is 25.9 Å². The maximum absolute atomic E-state index is 13.8. The number of anilines is 1. The van der Waals surface area contributed by atoms with Crippen LogP contribution >= 0.6 is 12.4 Å². The van der Waals surface area contributed by atoms with Gasteiger partial charge in [0, 0.05) is 24.8 Å². The van der Waals surface area contributed by atoms with Gasteiger partial charge in [-0.1, -0.05) is 25.0 Å². The van der Waals surface area contributed by atoms with Crippen molar-refractivity contribution >= 4 is 24.0 Å². The van der Waals surface area contributed by atoms with Crippen molar-refractivity contribution in [3.05, 3.63) is 29.8 Å². The topological polar surface area (TPSA) is 49.6 Å². The first-order valence-corrected chi connectivity index (χ1v) is 9.72. The molecule has 0 spiro atoms. The third-order valence-electron chi connectivity index (χ3n) is 5.99. The molecule has 2 N–H and O–H groups in total. The molecule has 1 amide bonds. The largest absolute Gasteiger partial charge is 0.404 e. The number of carbonyl (C=O) groups is 1. The Kier molecular flexibility index (Phi) is 7.62. The van der Waals surface area contributed by atoms with Gasteiger partial charge in [-0.3, -0.25) is 9.69 Å². The number of likely N-dealkylation sites (N-methyl/N-ethyl adjacent to an activating group) is 1. The number of amides is 1. The average molecular weight is 420 g/mol. The van der Waals surface area contributed by atoms with Gasteiger partial charge in [-0.2, -0.15) is 13.2 Å². The highest BCUT2D eigenvalue weighted by Crippen LogP contribution is 2.38. The van der Waals surface area contributed by atoms with Crippen LogP contribution in [0.4, 0.5) is 18.9 Å². The van der Waals surface area contributed by atoms with E-state index in [0.717, 1.165) is 51.6 Å². The van der Waals surface area contributed by atoms with Crippen LogP contribution in [-0.2, 0) is 4.79 Å². The zero-order valence-electron chi connectivity index (χ0n) is 16.1. The van der Waals surface area contributed by atoms with Crippen molar-refractivity contribution in [2.24, 2.45) is 0 Å².